The van der Waals surface area contributed by atoms with E-state index in [2.05, 4.69) is 10.0 Å². The van der Waals surface area contributed by atoms with Gasteiger partial charge in [-0.1, -0.05) is 49.3 Å². The summed E-state index contributed by atoms with van der Waals surface area (Å²) in [4.78, 5) is 73.5. The Balaban J connectivity index is 1.18. The predicted molar refractivity (Wildman–Crippen MR) is 205 cm³/mol. The van der Waals surface area contributed by atoms with E-state index in [0.717, 1.165) is 12.8 Å². The highest BCUT2D eigenvalue weighted by Crippen LogP contribution is 2.47. The van der Waals surface area contributed by atoms with Crippen LogP contribution in [0.2, 0.25) is 0 Å². The van der Waals surface area contributed by atoms with Gasteiger partial charge in [-0.3, -0.25) is 28.7 Å². The van der Waals surface area contributed by atoms with Gasteiger partial charge in [0.25, 0.3) is 11.8 Å². The van der Waals surface area contributed by atoms with Gasteiger partial charge in [0, 0.05) is 48.9 Å². The Labute approximate surface area is 327 Å². The number of sulfonamides is 1. The van der Waals surface area contributed by atoms with Gasteiger partial charge < -0.3 is 19.9 Å². The number of carbonyl (C=O) groups is 5. The minimum absolute atomic E-state index is 0.144. The molecule has 4 amide bonds. The van der Waals surface area contributed by atoms with Crippen molar-refractivity contribution in [1.29, 1.82) is 0 Å². The van der Waals surface area contributed by atoms with Crippen LogP contribution in [0, 0.1) is 29.5 Å². The quantitative estimate of drug-likeness (QED) is 0.301. The molecule has 2 saturated carbocycles. The van der Waals surface area contributed by atoms with Gasteiger partial charge in [0.15, 0.2) is 0 Å². The van der Waals surface area contributed by atoms with Crippen molar-refractivity contribution in [2.45, 2.75) is 101 Å². The molecule has 3 heterocycles. The van der Waals surface area contributed by atoms with Gasteiger partial charge in [-0.15, -0.1) is 0 Å². The summed E-state index contributed by atoms with van der Waals surface area (Å²) in [6, 6.07) is 11.9. The maximum Gasteiger partial charge on any atom is 0.307 e. The highest BCUT2D eigenvalue weighted by molar-refractivity contribution is 7.91. The smallest absolute Gasteiger partial charge is 0.307 e. The van der Waals surface area contributed by atoms with Crippen molar-refractivity contribution in [2.24, 2.45) is 23.7 Å². The molecular formula is C42H51FN4O8S. The molecule has 4 fully saturated rings. The number of esters is 1. The number of amides is 4. The van der Waals surface area contributed by atoms with E-state index in [0.29, 0.717) is 48.8 Å². The number of nitrogens with zero attached hydrogens (tertiary/aromatic N) is 2. The van der Waals surface area contributed by atoms with E-state index >= 15 is 0 Å². The Morgan fingerprint density at radius 2 is 1.70 bits per heavy atom. The van der Waals surface area contributed by atoms with Gasteiger partial charge in [-0.05, 0) is 94.7 Å². The van der Waals surface area contributed by atoms with Crippen LogP contribution in [-0.2, 0) is 33.9 Å². The maximum absolute atomic E-state index is 14.7. The summed E-state index contributed by atoms with van der Waals surface area (Å²) in [5.41, 5.74) is -0.595. The van der Waals surface area contributed by atoms with E-state index < -0.39 is 73.8 Å². The lowest BCUT2D eigenvalue weighted by molar-refractivity contribution is -0.159. The lowest BCUT2D eigenvalue weighted by Crippen LogP contribution is -2.58. The summed E-state index contributed by atoms with van der Waals surface area (Å²) in [6.07, 6.45) is 8.17. The van der Waals surface area contributed by atoms with Crippen LogP contribution in [0.1, 0.15) is 88.9 Å². The molecule has 0 aromatic heterocycles. The third-order valence-electron chi connectivity index (χ3n) is 11.7. The van der Waals surface area contributed by atoms with Crippen molar-refractivity contribution in [3.8, 4) is 11.1 Å². The fraction of sp³-hybridized carbons (Fsp3) is 0.548. The molecule has 0 bridgehead atoms. The van der Waals surface area contributed by atoms with Crippen LogP contribution < -0.4 is 10.0 Å². The second kappa shape index (κ2) is 15.4. The van der Waals surface area contributed by atoms with Crippen molar-refractivity contribution in [2.75, 3.05) is 19.6 Å². The van der Waals surface area contributed by atoms with Crippen LogP contribution in [-0.4, -0.2) is 89.9 Å². The number of hydrogen-bond donors (Lipinski definition) is 2. The van der Waals surface area contributed by atoms with Gasteiger partial charge in [-0.25, -0.2) is 12.8 Å². The normalized spacial score (nSPS) is 28.8. The van der Waals surface area contributed by atoms with Crippen molar-refractivity contribution in [1.82, 2.24) is 19.8 Å². The molecule has 7 rings (SSSR count). The second-order valence-electron chi connectivity index (χ2n) is 17.2. The maximum atomic E-state index is 14.7. The number of rotatable bonds is 7. The number of fused-ring (bicyclic) bond motifs is 4. The summed E-state index contributed by atoms with van der Waals surface area (Å²) < 4.78 is 47.7. The first-order chi connectivity index (χ1) is 26.5. The molecule has 5 aliphatic rings. The lowest BCUT2D eigenvalue weighted by atomic mass is 9.92. The molecule has 56 heavy (non-hydrogen) atoms. The number of nitrogens with one attached hydrogen (secondary N) is 2. The average molecular weight is 791 g/mol. The number of benzene rings is 2. The second-order valence-corrected chi connectivity index (χ2v) is 19.1. The zero-order valence-electron chi connectivity index (χ0n) is 32.2. The zero-order chi connectivity index (χ0) is 40.0. The largest absolute Gasteiger partial charge is 0.460 e. The third kappa shape index (κ3) is 8.54. The van der Waals surface area contributed by atoms with E-state index in [-0.39, 0.29) is 50.2 Å². The molecule has 0 radical (unpaired) electrons. The molecular weight excluding hydrogens is 740 g/mol. The number of ether oxygens (including phenoxy) is 1. The molecule has 2 aromatic carbocycles. The predicted octanol–water partition coefficient (Wildman–Crippen LogP) is 4.74. The summed E-state index contributed by atoms with van der Waals surface area (Å²) in [5, 5.41) is 2.29. The first kappa shape index (κ1) is 39.6. The highest BCUT2D eigenvalue weighted by atomic mass is 32.2. The van der Waals surface area contributed by atoms with Crippen LogP contribution in [0.5, 0.6) is 0 Å². The van der Waals surface area contributed by atoms with Gasteiger partial charge >= 0.3 is 5.97 Å². The summed E-state index contributed by atoms with van der Waals surface area (Å²) in [5.74, 6) is -4.93. The standard InChI is InChI=1S/C42H51FN4O8S/c1-41(2,3)55-35(48)21-29-11-7-5-4-6-8-15-31-22-42(31,40(52)45-56(53,54)33-17-18-33)44-37(49)36-34-25-46(23-30(34)24-47(36)39(29)51)38(50)28-14-9-12-26(19-28)27-13-10-16-32(43)20-27/h8-10,12-16,19-20,29-31,33-34,36H,4-7,11,17-18,21-25H2,1-3H3,(H,44,49)(H,45,52)/b15-8-/t29-,30-,31+,34-,36-,42+/m0/s1. The van der Waals surface area contributed by atoms with Gasteiger partial charge in [0.1, 0.15) is 23.0 Å². The third-order valence-corrected chi connectivity index (χ3v) is 13.5. The Hall–Kier alpha value is -4.59. The molecule has 14 heteroatoms. The van der Waals surface area contributed by atoms with Crippen molar-refractivity contribution < 1.29 is 41.5 Å². The molecule has 2 saturated heterocycles. The van der Waals surface area contributed by atoms with Crippen LogP contribution in [0.15, 0.2) is 60.7 Å². The van der Waals surface area contributed by atoms with Crippen LogP contribution in [0.4, 0.5) is 4.39 Å². The minimum atomic E-state index is -3.92. The summed E-state index contributed by atoms with van der Waals surface area (Å²) >= 11 is 0. The summed E-state index contributed by atoms with van der Waals surface area (Å²) in [7, 11) is -3.92. The molecule has 3 aliphatic heterocycles. The van der Waals surface area contributed by atoms with E-state index in [1.165, 1.54) is 17.0 Å². The van der Waals surface area contributed by atoms with Crippen LogP contribution in [0.25, 0.3) is 11.1 Å². The highest BCUT2D eigenvalue weighted by Gasteiger charge is 2.63. The Morgan fingerprint density at radius 3 is 2.41 bits per heavy atom. The van der Waals surface area contributed by atoms with Gasteiger partial charge in [-0.2, -0.15) is 0 Å². The van der Waals surface area contributed by atoms with Gasteiger partial charge in [0.05, 0.1) is 11.7 Å². The fourth-order valence-electron chi connectivity index (χ4n) is 8.64. The van der Waals surface area contributed by atoms with E-state index in [4.69, 9.17) is 4.74 Å². The van der Waals surface area contributed by atoms with Crippen molar-refractivity contribution in [3.63, 3.8) is 0 Å². The Morgan fingerprint density at radius 1 is 0.964 bits per heavy atom. The van der Waals surface area contributed by atoms with Crippen molar-refractivity contribution in [3.05, 3.63) is 72.1 Å². The number of carbonyl (C=O) groups excluding carboxylic acids is 5. The van der Waals surface area contributed by atoms with E-state index in [1.54, 1.807) is 62.1 Å². The van der Waals surface area contributed by atoms with E-state index in [1.807, 2.05) is 12.2 Å². The molecule has 300 valence electrons. The monoisotopic (exact) mass is 790 g/mol. The Bertz CT molecular complexity index is 2040. The minimum Gasteiger partial charge on any atom is -0.460 e. The van der Waals surface area contributed by atoms with E-state index in [9.17, 15) is 36.8 Å². The molecule has 12 nitrogen and oxygen atoms in total. The molecule has 2 N–H and O–H groups in total. The molecule has 6 atom stereocenters. The number of likely N-dealkylation sites (tertiary alicyclic amines) is 1. The van der Waals surface area contributed by atoms with Crippen LogP contribution in [0.3, 0.4) is 0 Å². The number of allylic oxidation sites excluding steroid dienone is 1. The fourth-order valence-corrected chi connectivity index (χ4v) is 10.00. The molecule has 0 unspecified atom stereocenters. The molecule has 0 spiro atoms. The van der Waals surface area contributed by atoms with Crippen molar-refractivity contribution >= 4 is 39.6 Å². The zero-order valence-corrected chi connectivity index (χ0v) is 33.0. The lowest BCUT2D eigenvalue weighted by Gasteiger charge is -2.33. The SMILES string of the molecule is CC(C)(C)OC(=O)C[C@@H]1CCCCC/C=C\[C@@H]2C[C@@]2(C(=O)NS(=O)(=O)C2CC2)NC(=O)[C@@H]2[C@H]3CN(C(=O)c4cccc(-c5cccc(F)c5)c4)C[C@H]3CN2C1=O. The van der Waals surface area contributed by atoms with Crippen LogP contribution >= 0.6 is 0 Å². The molecule has 2 aliphatic carbocycles. The molecule has 2 aromatic rings. The Kier molecular flexibility index (Phi) is 10.9. The van der Waals surface area contributed by atoms with Gasteiger partial charge in [0.2, 0.25) is 21.8 Å². The summed E-state index contributed by atoms with van der Waals surface area (Å²) in [6.45, 7) is 5.83. The topological polar surface area (TPSA) is 159 Å². The first-order valence-electron chi connectivity index (χ1n) is 19.8. The first-order valence-corrected chi connectivity index (χ1v) is 21.3. The number of halogens is 1. The average Bonchev–Trinajstić information content (AvgIpc) is 4.03. The number of hydrogen-bond acceptors (Lipinski definition) is 8.